The van der Waals surface area contributed by atoms with Crippen LogP contribution in [0.4, 0.5) is 0 Å². The van der Waals surface area contributed by atoms with Crippen molar-refractivity contribution in [1.29, 1.82) is 0 Å². The van der Waals surface area contributed by atoms with Crippen LogP contribution in [0.25, 0.3) is 0 Å². The Kier molecular flexibility index (Phi) is 3.65. The average molecular weight is 333 g/mol. The van der Waals surface area contributed by atoms with Gasteiger partial charge in [0.2, 0.25) is 0 Å². The van der Waals surface area contributed by atoms with Gasteiger partial charge in [-0.1, -0.05) is 43.7 Å². The number of rotatable bonds is 3. The van der Waals surface area contributed by atoms with Crippen LogP contribution in [0.3, 0.4) is 0 Å². The molecule has 4 aliphatic rings. The van der Waals surface area contributed by atoms with Gasteiger partial charge < -0.3 is 9.31 Å². The summed E-state index contributed by atoms with van der Waals surface area (Å²) in [5.74, 6) is 1.37. The molecule has 5 rings (SSSR count). The minimum absolute atomic E-state index is 0.138. The van der Waals surface area contributed by atoms with Crippen molar-refractivity contribution >= 4 is 18.7 Å². The Bertz CT molecular complexity index is 602. The van der Waals surface area contributed by atoms with Crippen LogP contribution in [0.2, 0.25) is 0 Å². The highest BCUT2D eigenvalue weighted by Gasteiger charge is 2.68. The molecule has 23 heavy (non-hydrogen) atoms. The second-order valence-electron chi connectivity index (χ2n) is 8.54. The molecule has 5 atom stereocenters. The summed E-state index contributed by atoms with van der Waals surface area (Å²) in [6.45, 7) is 9.11. The highest BCUT2D eigenvalue weighted by molar-refractivity contribution is 6.60. The maximum atomic E-state index is 6.67. The lowest BCUT2D eigenvalue weighted by Gasteiger charge is -2.64. The molecule has 1 saturated heterocycles. The molecule has 4 heteroatoms. The van der Waals surface area contributed by atoms with Crippen LogP contribution in [0, 0.1) is 24.2 Å². The van der Waals surface area contributed by atoms with Crippen molar-refractivity contribution in [1.82, 2.24) is 0 Å². The Hall–Kier alpha value is -0.505. The Balaban J connectivity index is 1.47. The van der Waals surface area contributed by atoms with Gasteiger partial charge in [-0.15, -0.1) is 11.6 Å². The zero-order valence-corrected chi connectivity index (χ0v) is 15.3. The molecule has 1 aliphatic heterocycles. The summed E-state index contributed by atoms with van der Waals surface area (Å²) in [6, 6.07) is 8.56. The number of aryl methyl sites for hydroxylation is 1. The van der Waals surface area contributed by atoms with E-state index >= 15 is 0 Å². The summed E-state index contributed by atoms with van der Waals surface area (Å²) in [4.78, 5) is 0. The summed E-state index contributed by atoms with van der Waals surface area (Å²) in [5, 5.41) is -0.138. The molecule has 1 aromatic carbocycles. The molecule has 2 nitrogen and oxygen atoms in total. The van der Waals surface area contributed by atoms with Crippen molar-refractivity contribution in [3.63, 3.8) is 0 Å². The predicted octanol–water partition coefficient (Wildman–Crippen LogP) is 4.41. The SMILES string of the molecule is Cc1ccc(CC(Cl)B2OC3CC4CC(C4(C)C)C3(C)O2)cc1. The second-order valence-corrected chi connectivity index (χ2v) is 9.10. The minimum atomic E-state index is -0.289. The lowest BCUT2D eigenvalue weighted by molar-refractivity contribution is -0.199. The third-order valence-corrected chi connectivity index (χ3v) is 7.18. The molecule has 124 valence electrons. The van der Waals surface area contributed by atoms with Gasteiger partial charge in [-0.25, -0.2) is 0 Å². The van der Waals surface area contributed by atoms with Crippen LogP contribution in [-0.2, 0) is 15.7 Å². The van der Waals surface area contributed by atoms with E-state index < -0.39 is 0 Å². The molecular weight excluding hydrogens is 306 g/mol. The average Bonchev–Trinajstić information content (AvgIpc) is 2.86. The molecule has 1 aromatic rings. The Morgan fingerprint density at radius 2 is 1.91 bits per heavy atom. The Morgan fingerprint density at radius 1 is 1.22 bits per heavy atom. The first-order valence-electron chi connectivity index (χ1n) is 8.83. The van der Waals surface area contributed by atoms with E-state index in [4.69, 9.17) is 20.9 Å². The van der Waals surface area contributed by atoms with E-state index in [1.165, 1.54) is 17.5 Å². The normalized spacial score (nSPS) is 38.8. The number of halogens is 1. The highest BCUT2D eigenvalue weighted by Crippen LogP contribution is 2.65. The fourth-order valence-electron chi connectivity index (χ4n) is 5.10. The third kappa shape index (κ3) is 2.39. The van der Waals surface area contributed by atoms with Gasteiger partial charge in [0.1, 0.15) is 0 Å². The van der Waals surface area contributed by atoms with Gasteiger partial charge in [-0.2, -0.15) is 0 Å². The number of hydrogen-bond acceptors (Lipinski definition) is 2. The largest absolute Gasteiger partial charge is 0.477 e. The lowest BCUT2D eigenvalue weighted by Crippen LogP contribution is -2.65. The van der Waals surface area contributed by atoms with E-state index in [1.54, 1.807) is 0 Å². The van der Waals surface area contributed by atoms with Gasteiger partial charge in [0.25, 0.3) is 0 Å². The van der Waals surface area contributed by atoms with Crippen LogP contribution in [0.1, 0.15) is 44.7 Å². The summed E-state index contributed by atoms with van der Waals surface area (Å²) in [6.07, 6.45) is 3.39. The smallest absolute Gasteiger partial charge is 0.404 e. The van der Waals surface area contributed by atoms with E-state index in [0.717, 1.165) is 18.8 Å². The number of hydrogen-bond donors (Lipinski definition) is 0. The fraction of sp³-hybridized carbons (Fsp3) is 0.684. The van der Waals surface area contributed by atoms with Crippen LogP contribution in [-0.4, -0.2) is 24.1 Å². The molecule has 4 fully saturated rings. The molecule has 0 aromatic heterocycles. The zero-order chi connectivity index (χ0) is 16.4. The fourth-order valence-corrected chi connectivity index (χ4v) is 5.39. The predicted molar refractivity (Wildman–Crippen MR) is 94.6 cm³/mol. The lowest BCUT2D eigenvalue weighted by atomic mass is 9.43. The molecule has 3 aliphatic carbocycles. The number of benzene rings is 1. The summed E-state index contributed by atoms with van der Waals surface area (Å²) < 4.78 is 12.7. The van der Waals surface area contributed by atoms with Gasteiger partial charge in [-0.3, -0.25) is 0 Å². The van der Waals surface area contributed by atoms with Gasteiger partial charge in [-0.05, 0) is 55.9 Å². The van der Waals surface area contributed by atoms with E-state index in [-0.39, 0.29) is 24.1 Å². The van der Waals surface area contributed by atoms with Crippen molar-refractivity contribution in [3.05, 3.63) is 35.4 Å². The van der Waals surface area contributed by atoms with Gasteiger partial charge >= 0.3 is 7.12 Å². The monoisotopic (exact) mass is 332 g/mol. The Labute approximate surface area is 145 Å². The molecule has 0 N–H and O–H groups in total. The van der Waals surface area contributed by atoms with E-state index in [1.807, 2.05) is 0 Å². The molecule has 5 unspecified atom stereocenters. The quantitative estimate of drug-likeness (QED) is 0.603. The molecule has 0 radical (unpaired) electrons. The summed E-state index contributed by atoms with van der Waals surface area (Å²) in [7, 11) is -0.289. The van der Waals surface area contributed by atoms with Gasteiger partial charge in [0.05, 0.1) is 17.0 Å². The van der Waals surface area contributed by atoms with Crippen LogP contribution >= 0.6 is 11.6 Å². The van der Waals surface area contributed by atoms with Crippen LogP contribution in [0.5, 0.6) is 0 Å². The number of alkyl halides is 1. The molecule has 0 amide bonds. The van der Waals surface area contributed by atoms with Crippen molar-refractivity contribution < 1.29 is 9.31 Å². The summed E-state index contributed by atoms with van der Waals surface area (Å²) in [5.41, 5.74) is 2.73. The second kappa shape index (κ2) is 5.24. The molecule has 3 saturated carbocycles. The first kappa shape index (κ1) is 16.0. The topological polar surface area (TPSA) is 18.5 Å². The first-order chi connectivity index (χ1) is 10.8. The van der Waals surface area contributed by atoms with E-state index in [0.29, 0.717) is 11.3 Å². The Morgan fingerprint density at radius 3 is 2.57 bits per heavy atom. The van der Waals surface area contributed by atoms with Crippen molar-refractivity contribution in [2.75, 3.05) is 0 Å². The molecule has 2 bridgehead atoms. The van der Waals surface area contributed by atoms with Crippen molar-refractivity contribution in [2.45, 2.75) is 63.9 Å². The molecule has 1 heterocycles. The van der Waals surface area contributed by atoms with Gasteiger partial charge in [0.15, 0.2) is 0 Å². The first-order valence-corrected chi connectivity index (χ1v) is 9.27. The standard InChI is InChI=1S/C19H26BClO2/c1-12-5-7-13(8-6-12)9-17(21)20-22-16-11-14-10-15(18(14,2)3)19(16,4)23-20/h5-8,14-17H,9-11H2,1-4H3. The van der Waals surface area contributed by atoms with Crippen LogP contribution in [0.15, 0.2) is 24.3 Å². The zero-order valence-electron chi connectivity index (χ0n) is 14.5. The van der Waals surface area contributed by atoms with Gasteiger partial charge in [0, 0.05) is 0 Å². The van der Waals surface area contributed by atoms with E-state index in [2.05, 4.69) is 52.0 Å². The highest BCUT2D eigenvalue weighted by atomic mass is 35.5. The molecular formula is C19H26BClO2. The minimum Gasteiger partial charge on any atom is -0.404 e. The molecule has 0 spiro atoms. The van der Waals surface area contributed by atoms with Crippen molar-refractivity contribution in [3.8, 4) is 0 Å². The third-order valence-electron chi connectivity index (χ3n) is 6.82. The van der Waals surface area contributed by atoms with Crippen molar-refractivity contribution in [2.24, 2.45) is 17.3 Å². The maximum Gasteiger partial charge on any atom is 0.477 e. The van der Waals surface area contributed by atoms with Crippen LogP contribution < -0.4 is 0 Å². The van der Waals surface area contributed by atoms with E-state index in [9.17, 15) is 0 Å². The maximum absolute atomic E-state index is 6.67. The summed E-state index contributed by atoms with van der Waals surface area (Å²) >= 11 is 6.67.